The van der Waals surface area contributed by atoms with E-state index in [1.807, 2.05) is 0 Å². The van der Waals surface area contributed by atoms with Gasteiger partial charge in [-0.15, -0.1) is 0 Å². The Kier molecular flexibility index (Phi) is 5.17. The molecule has 8 nitrogen and oxygen atoms in total. The van der Waals surface area contributed by atoms with Gasteiger partial charge in [0.1, 0.15) is 11.3 Å². The number of benzene rings is 2. The van der Waals surface area contributed by atoms with E-state index in [1.54, 1.807) is 19.1 Å². The van der Waals surface area contributed by atoms with Crippen LogP contribution in [0.1, 0.15) is 37.4 Å². The smallest absolute Gasteiger partial charge is 0.423 e. The molecule has 11 heteroatoms. The Morgan fingerprint density at radius 2 is 2.03 bits per heavy atom. The number of hydrogen-bond acceptors (Lipinski definition) is 6. The summed E-state index contributed by atoms with van der Waals surface area (Å²) in [5.74, 6) is -2.02. The van der Waals surface area contributed by atoms with Gasteiger partial charge in [-0.25, -0.2) is 4.98 Å². The number of rotatable bonds is 5. The van der Waals surface area contributed by atoms with Crippen molar-refractivity contribution in [3.63, 3.8) is 0 Å². The van der Waals surface area contributed by atoms with E-state index in [0.717, 1.165) is 0 Å². The zero-order chi connectivity index (χ0) is 23.0. The third kappa shape index (κ3) is 4.04. The Morgan fingerprint density at radius 1 is 1.25 bits per heavy atom. The second-order valence-corrected chi connectivity index (χ2v) is 7.00. The molecule has 0 unspecified atom stereocenters. The quantitative estimate of drug-likeness (QED) is 0.554. The molecule has 0 fully saturated rings. The molecule has 0 atom stereocenters. The van der Waals surface area contributed by atoms with Crippen molar-refractivity contribution in [2.24, 2.45) is 5.73 Å². The van der Waals surface area contributed by atoms with Crippen LogP contribution in [-0.4, -0.2) is 21.8 Å². The number of nitrogens with two attached hydrogens (primary N) is 1. The van der Waals surface area contributed by atoms with E-state index in [2.05, 4.69) is 20.6 Å². The molecule has 0 saturated heterocycles. The van der Waals surface area contributed by atoms with Crippen LogP contribution >= 0.6 is 0 Å². The fourth-order valence-electron chi connectivity index (χ4n) is 3.21. The van der Waals surface area contributed by atoms with Crippen LogP contribution in [-0.2, 0) is 12.7 Å². The average Bonchev–Trinajstić information content (AvgIpc) is 3.10. The minimum absolute atomic E-state index is 0.0466. The minimum atomic E-state index is -4.78. The third-order valence-electron chi connectivity index (χ3n) is 4.80. The maximum absolute atomic E-state index is 13.5. The number of hydrogen-bond donors (Lipinski definition) is 3. The number of nitrogens with zero attached hydrogens (tertiary/aromatic N) is 2. The summed E-state index contributed by atoms with van der Waals surface area (Å²) >= 11 is 0. The molecule has 4 N–H and O–H groups in total. The fourth-order valence-corrected chi connectivity index (χ4v) is 3.21. The van der Waals surface area contributed by atoms with Gasteiger partial charge in [0.15, 0.2) is 0 Å². The zero-order valence-electron chi connectivity index (χ0n) is 16.6. The highest BCUT2D eigenvalue weighted by Gasteiger charge is 2.37. The summed E-state index contributed by atoms with van der Waals surface area (Å²) in [5.41, 5.74) is 6.16. The van der Waals surface area contributed by atoms with E-state index in [1.165, 1.54) is 24.3 Å². The first-order chi connectivity index (χ1) is 15.1. The molecule has 2 aromatic carbocycles. The van der Waals surface area contributed by atoms with Crippen LogP contribution in [0.3, 0.4) is 0 Å². The molecule has 0 saturated carbocycles. The number of nitrogens with one attached hydrogen (secondary N) is 2. The van der Waals surface area contributed by atoms with Crippen LogP contribution in [0.25, 0.3) is 0 Å². The van der Waals surface area contributed by atoms with Crippen molar-refractivity contribution in [2.45, 2.75) is 19.6 Å². The van der Waals surface area contributed by atoms with E-state index in [-0.39, 0.29) is 29.4 Å². The predicted octanol–water partition coefficient (Wildman–Crippen LogP) is 3.68. The Morgan fingerprint density at radius 3 is 2.72 bits per heavy atom. The van der Waals surface area contributed by atoms with E-state index >= 15 is 0 Å². The maximum atomic E-state index is 13.5. The van der Waals surface area contributed by atoms with Gasteiger partial charge >= 0.3 is 6.18 Å². The number of anilines is 2. The highest BCUT2D eigenvalue weighted by Crippen LogP contribution is 2.39. The van der Waals surface area contributed by atoms with Crippen LogP contribution in [0.2, 0.25) is 0 Å². The molecule has 3 aromatic rings. The molecule has 4 rings (SSSR count). The van der Waals surface area contributed by atoms with Crippen molar-refractivity contribution in [3.8, 4) is 11.6 Å². The first-order valence-electron chi connectivity index (χ1n) is 9.33. The Bertz CT molecular complexity index is 1240. The maximum Gasteiger partial charge on any atom is 0.423 e. The number of aryl methyl sites for hydroxylation is 1. The first kappa shape index (κ1) is 21.1. The second-order valence-electron chi connectivity index (χ2n) is 7.00. The third-order valence-corrected chi connectivity index (χ3v) is 4.80. The van der Waals surface area contributed by atoms with E-state index in [0.29, 0.717) is 23.0 Å². The van der Waals surface area contributed by atoms with Crippen LogP contribution in [0.4, 0.5) is 24.8 Å². The number of carbonyl (C=O) groups excluding carboxylic acids is 2. The van der Waals surface area contributed by atoms with Gasteiger partial charge in [0.25, 0.3) is 5.91 Å². The Balaban J connectivity index is 1.71. The van der Waals surface area contributed by atoms with E-state index in [4.69, 9.17) is 10.5 Å². The number of amides is 2. The number of halogens is 3. The fraction of sp³-hybridized carbons (Fsp3) is 0.143. The van der Waals surface area contributed by atoms with Crippen molar-refractivity contribution in [3.05, 3.63) is 70.4 Å². The van der Waals surface area contributed by atoms with Crippen LogP contribution < -0.4 is 21.1 Å². The number of fused-ring (bicyclic) bond motifs is 1. The summed E-state index contributed by atoms with van der Waals surface area (Å²) in [7, 11) is 0. The molecular weight excluding hydrogens is 427 g/mol. The summed E-state index contributed by atoms with van der Waals surface area (Å²) in [6.45, 7) is 1.94. The van der Waals surface area contributed by atoms with Gasteiger partial charge in [-0.3, -0.25) is 9.59 Å². The Hall–Kier alpha value is -4.15. The second kappa shape index (κ2) is 7.84. The van der Waals surface area contributed by atoms with Gasteiger partial charge in [0, 0.05) is 24.0 Å². The summed E-state index contributed by atoms with van der Waals surface area (Å²) in [6.07, 6.45) is -4.19. The standard InChI is InChI=1S/C21H16F3N5O3/c1-10-7-11(17(25)30)5-6-14(10)28-20-27-9-13(21(22,23)24)19(29-20)32-15-4-2-3-12-8-26-18(31)16(12)15/h2-7,9H,8H2,1H3,(H2,25,30)(H,26,31)(H,27,28,29). The topological polar surface area (TPSA) is 119 Å². The predicted molar refractivity (Wildman–Crippen MR) is 108 cm³/mol. The lowest BCUT2D eigenvalue weighted by Gasteiger charge is -2.15. The monoisotopic (exact) mass is 443 g/mol. The van der Waals surface area contributed by atoms with Gasteiger partial charge in [0.05, 0.1) is 5.56 Å². The summed E-state index contributed by atoms with van der Waals surface area (Å²) in [5, 5.41) is 5.40. The lowest BCUT2D eigenvalue weighted by atomic mass is 10.1. The number of ether oxygens (including phenoxy) is 1. The molecule has 0 spiro atoms. The molecule has 32 heavy (non-hydrogen) atoms. The lowest BCUT2D eigenvalue weighted by molar-refractivity contribution is -0.139. The average molecular weight is 443 g/mol. The minimum Gasteiger partial charge on any atom is -0.437 e. The molecular formula is C21H16F3N5O3. The van der Waals surface area contributed by atoms with E-state index < -0.39 is 29.4 Å². The number of alkyl halides is 3. The summed E-state index contributed by atoms with van der Waals surface area (Å²) in [4.78, 5) is 31.0. The van der Waals surface area contributed by atoms with Gasteiger partial charge in [-0.2, -0.15) is 18.2 Å². The van der Waals surface area contributed by atoms with Crippen molar-refractivity contribution in [1.82, 2.24) is 15.3 Å². The van der Waals surface area contributed by atoms with Gasteiger partial charge in [0.2, 0.25) is 17.7 Å². The number of aromatic nitrogens is 2. The molecule has 2 amide bonds. The Labute approximate surface area is 179 Å². The van der Waals surface area contributed by atoms with Crippen molar-refractivity contribution in [1.29, 1.82) is 0 Å². The molecule has 0 bridgehead atoms. The molecule has 1 aliphatic rings. The normalized spacial score (nSPS) is 12.8. The molecule has 164 valence electrons. The molecule has 1 aliphatic heterocycles. The number of primary amides is 1. The molecule has 1 aromatic heterocycles. The van der Waals surface area contributed by atoms with Crippen molar-refractivity contribution in [2.75, 3.05) is 5.32 Å². The van der Waals surface area contributed by atoms with Crippen molar-refractivity contribution < 1.29 is 27.5 Å². The lowest BCUT2D eigenvalue weighted by Crippen LogP contribution is -2.14. The largest absolute Gasteiger partial charge is 0.437 e. The van der Waals surface area contributed by atoms with Gasteiger partial charge in [-0.1, -0.05) is 12.1 Å². The summed E-state index contributed by atoms with van der Waals surface area (Å²) in [6, 6.07) is 9.17. The first-order valence-corrected chi connectivity index (χ1v) is 9.33. The highest BCUT2D eigenvalue weighted by atomic mass is 19.4. The summed E-state index contributed by atoms with van der Waals surface area (Å²) < 4.78 is 46.1. The van der Waals surface area contributed by atoms with Crippen LogP contribution in [0.5, 0.6) is 11.6 Å². The van der Waals surface area contributed by atoms with Crippen LogP contribution in [0, 0.1) is 6.92 Å². The SMILES string of the molecule is Cc1cc(C(N)=O)ccc1Nc1ncc(C(F)(F)F)c(Oc2cccc3c2C(=O)NC3)n1. The van der Waals surface area contributed by atoms with E-state index in [9.17, 15) is 22.8 Å². The van der Waals surface area contributed by atoms with Gasteiger partial charge < -0.3 is 21.1 Å². The molecule has 0 aliphatic carbocycles. The highest BCUT2D eigenvalue weighted by molar-refractivity contribution is 6.01. The molecule has 2 heterocycles. The van der Waals surface area contributed by atoms with Crippen LogP contribution in [0.15, 0.2) is 42.6 Å². The zero-order valence-corrected chi connectivity index (χ0v) is 16.6. The van der Waals surface area contributed by atoms with Gasteiger partial charge in [-0.05, 0) is 42.3 Å². The van der Waals surface area contributed by atoms with Crippen molar-refractivity contribution >= 4 is 23.5 Å². The molecule has 0 radical (unpaired) electrons. The number of carbonyl (C=O) groups is 2.